The minimum absolute atomic E-state index is 0.111. The fraction of sp³-hybridized carbons (Fsp3) is 0.529. The monoisotopic (exact) mass is 326 g/mol. The molecule has 0 aliphatic carbocycles. The second-order valence-electron chi connectivity index (χ2n) is 7.38. The van der Waals surface area contributed by atoms with Crippen molar-refractivity contribution in [1.82, 2.24) is 0 Å². The Kier molecular flexibility index (Phi) is 7.92. The molecule has 1 rings (SSSR count). The fourth-order valence-corrected chi connectivity index (χ4v) is 1.83. The molecule has 130 valence electrons. The van der Waals surface area contributed by atoms with Crippen LogP contribution in [0.5, 0.6) is 0 Å². The van der Waals surface area contributed by atoms with Crippen molar-refractivity contribution in [3.8, 4) is 0 Å². The van der Waals surface area contributed by atoms with Crippen molar-refractivity contribution in [2.75, 3.05) is 0 Å². The molecule has 6 heteroatoms. The summed E-state index contributed by atoms with van der Waals surface area (Å²) in [7, 11) is 0. The van der Waals surface area contributed by atoms with Crippen LogP contribution in [0.25, 0.3) is 0 Å². The second kappa shape index (κ2) is 8.64. The molecule has 2 N–H and O–H groups in total. The van der Waals surface area contributed by atoms with E-state index in [1.54, 1.807) is 12.1 Å². The number of benzene rings is 1. The van der Waals surface area contributed by atoms with Crippen LogP contribution in [0.2, 0.25) is 0 Å². The van der Waals surface area contributed by atoms with Crippen molar-refractivity contribution in [2.24, 2.45) is 5.41 Å². The molecule has 1 aromatic carbocycles. The highest BCUT2D eigenvalue weighted by atomic mass is 17.1. The molecule has 0 unspecified atom stereocenters. The van der Waals surface area contributed by atoms with Gasteiger partial charge < -0.3 is 4.89 Å². The van der Waals surface area contributed by atoms with Crippen LogP contribution < -0.4 is 0 Å². The maximum Gasteiger partial charge on any atom is 0.373 e. The van der Waals surface area contributed by atoms with Crippen LogP contribution in [0, 0.1) is 5.41 Å². The Balaban J connectivity index is 0.000000468. The molecule has 1 aromatic rings. The Labute approximate surface area is 136 Å². The van der Waals surface area contributed by atoms with E-state index >= 15 is 0 Å². The average molecular weight is 326 g/mol. The molecule has 0 saturated carbocycles. The zero-order valence-corrected chi connectivity index (χ0v) is 14.5. The normalized spacial score (nSPS) is 11.1. The molecule has 0 spiro atoms. The molecular weight excluding hydrogens is 300 g/mol. The van der Waals surface area contributed by atoms with Crippen LogP contribution >= 0.6 is 0 Å². The van der Waals surface area contributed by atoms with Crippen molar-refractivity contribution in [3.63, 3.8) is 0 Å². The van der Waals surface area contributed by atoms with Crippen molar-refractivity contribution in [3.05, 3.63) is 35.4 Å². The zero-order valence-electron chi connectivity index (χ0n) is 14.5. The van der Waals surface area contributed by atoms with E-state index in [2.05, 4.69) is 9.78 Å². The highest BCUT2D eigenvalue weighted by Crippen LogP contribution is 2.25. The minimum atomic E-state index is -0.712. The fourth-order valence-electron chi connectivity index (χ4n) is 1.83. The van der Waals surface area contributed by atoms with Gasteiger partial charge in [0.2, 0.25) is 0 Å². The summed E-state index contributed by atoms with van der Waals surface area (Å²) in [6.07, 6.45) is 0.240. The van der Waals surface area contributed by atoms with Gasteiger partial charge in [-0.2, -0.15) is 10.5 Å². The average Bonchev–Trinajstić information content (AvgIpc) is 2.44. The summed E-state index contributed by atoms with van der Waals surface area (Å²) < 4.78 is 0. The number of hydrogen-bond donors (Lipinski definition) is 2. The van der Waals surface area contributed by atoms with E-state index in [0.717, 1.165) is 5.56 Å². The summed E-state index contributed by atoms with van der Waals surface area (Å²) in [5.74, 6) is -1.29. The molecule has 0 fully saturated rings. The first kappa shape index (κ1) is 21.1. The quantitative estimate of drug-likeness (QED) is 0.629. The van der Waals surface area contributed by atoms with E-state index in [1.165, 1.54) is 0 Å². The predicted octanol–water partition coefficient (Wildman–Crippen LogP) is 4.05. The first-order chi connectivity index (χ1) is 10.4. The first-order valence-electron chi connectivity index (χ1n) is 7.22. The number of hydrogen-bond acceptors (Lipinski definition) is 6. The molecule has 0 saturated heterocycles. The van der Waals surface area contributed by atoms with Gasteiger partial charge in [0.1, 0.15) is 0 Å². The van der Waals surface area contributed by atoms with Gasteiger partial charge >= 0.3 is 11.9 Å². The van der Waals surface area contributed by atoms with Gasteiger partial charge in [0.25, 0.3) is 0 Å². The summed E-state index contributed by atoms with van der Waals surface area (Å²) >= 11 is 0. The van der Waals surface area contributed by atoms with Gasteiger partial charge in [-0.05, 0) is 22.5 Å². The van der Waals surface area contributed by atoms with Crippen LogP contribution in [0.1, 0.15) is 63.9 Å². The smallest absolute Gasteiger partial charge is 0.301 e. The maximum atomic E-state index is 11.2. The van der Waals surface area contributed by atoms with E-state index in [1.807, 2.05) is 53.7 Å². The SMILES string of the molecule is CC(C)(C)CC(=O)OO.CC(C)(C)c1ccccc1C(=O)OO. The van der Waals surface area contributed by atoms with Crippen LogP contribution in [0.3, 0.4) is 0 Å². The molecule has 0 heterocycles. The summed E-state index contributed by atoms with van der Waals surface area (Å²) in [5, 5.41) is 16.2. The van der Waals surface area contributed by atoms with E-state index in [0.29, 0.717) is 5.56 Å². The van der Waals surface area contributed by atoms with Crippen molar-refractivity contribution in [1.29, 1.82) is 0 Å². The molecule has 0 atom stereocenters. The van der Waals surface area contributed by atoms with Crippen LogP contribution in [0.15, 0.2) is 24.3 Å². The van der Waals surface area contributed by atoms with Gasteiger partial charge in [0, 0.05) is 0 Å². The highest BCUT2D eigenvalue weighted by molar-refractivity contribution is 5.91. The van der Waals surface area contributed by atoms with Crippen LogP contribution in [0.4, 0.5) is 0 Å². The lowest BCUT2D eigenvalue weighted by Gasteiger charge is -2.21. The molecule has 6 nitrogen and oxygen atoms in total. The van der Waals surface area contributed by atoms with Gasteiger partial charge in [-0.25, -0.2) is 9.59 Å². The van der Waals surface area contributed by atoms with Gasteiger partial charge in [-0.3, -0.25) is 4.89 Å². The second-order valence-corrected chi connectivity index (χ2v) is 7.38. The Morgan fingerprint density at radius 2 is 1.48 bits per heavy atom. The summed E-state index contributed by atoms with van der Waals surface area (Å²) in [6.45, 7) is 11.7. The Bertz CT molecular complexity index is 523. The van der Waals surface area contributed by atoms with Gasteiger partial charge in [-0.15, -0.1) is 0 Å². The zero-order chi connectivity index (χ0) is 18.3. The third-order valence-electron chi connectivity index (χ3n) is 2.81. The van der Waals surface area contributed by atoms with Crippen molar-refractivity contribution < 1.29 is 29.9 Å². The Hall–Kier alpha value is -1.92. The Morgan fingerprint density at radius 1 is 0.957 bits per heavy atom. The summed E-state index contributed by atoms with van der Waals surface area (Å²) in [6, 6.07) is 7.08. The van der Waals surface area contributed by atoms with Crippen LogP contribution in [-0.2, 0) is 20.0 Å². The molecule has 23 heavy (non-hydrogen) atoms. The maximum absolute atomic E-state index is 11.2. The van der Waals surface area contributed by atoms with Crippen LogP contribution in [-0.4, -0.2) is 22.5 Å². The summed E-state index contributed by atoms with van der Waals surface area (Å²) in [5.41, 5.74) is 1.01. The number of carbonyl (C=O) groups excluding carboxylic acids is 2. The summed E-state index contributed by atoms with van der Waals surface area (Å²) in [4.78, 5) is 28.8. The third kappa shape index (κ3) is 8.32. The molecule has 0 aliphatic heterocycles. The topological polar surface area (TPSA) is 93.1 Å². The third-order valence-corrected chi connectivity index (χ3v) is 2.81. The molecule has 0 aliphatic rings. The van der Waals surface area contributed by atoms with E-state index in [9.17, 15) is 9.59 Å². The standard InChI is InChI=1S/C11H14O3.C6H12O3/c1-11(2,3)9-7-5-4-6-8(9)10(12)14-13;1-6(2,3)4-5(7)9-8/h4-7,13H,1-3H3;8H,4H2,1-3H3. The molecule has 0 radical (unpaired) electrons. The predicted molar refractivity (Wildman–Crippen MR) is 86.0 cm³/mol. The van der Waals surface area contributed by atoms with Gasteiger partial charge in [0.05, 0.1) is 12.0 Å². The number of rotatable bonds is 2. The minimum Gasteiger partial charge on any atom is -0.301 e. The molecular formula is C17H26O6. The van der Waals surface area contributed by atoms with Crippen molar-refractivity contribution in [2.45, 2.75) is 53.4 Å². The largest absolute Gasteiger partial charge is 0.373 e. The van der Waals surface area contributed by atoms with Crippen molar-refractivity contribution >= 4 is 11.9 Å². The lowest BCUT2D eigenvalue weighted by molar-refractivity contribution is -0.236. The van der Waals surface area contributed by atoms with Gasteiger partial charge in [-0.1, -0.05) is 59.7 Å². The molecule has 0 aromatic heterocycles. The lowest BCUT2D eigenvalue weighted by Crippen LogP contribution is -2.17. The molecule has 0 amide bonds. The van der Waals surface area contributed by atoms with E-state index < -0.39 is 11.9 Å². The van der Waals surface area contributed by atoms with Gasteiger partial charge in [0.15, 0.2) is 0 Å². The number of carbonyl (C=O) groups is 2. The molecule has 0 bridgehead atoms. The lowest BCUT2D eigenvalue weighted by atomic mass is 9.84. The Morgan fingerprint density at radius 3 is 1.83 bits per heavy atom. The van der Waals surface area contributed by atoms with E-state index in [-0.39, 0.29) is 17.3 Å². The van der Waals surface area contributed by atoms with E-state index in [4.69, 9.17) is 10.5 Å². The highest BCUT2D eigenvalue weighted by Gasteiger charge is 2.21. The first-order valence-corrected chi connectivity index (χ1v) is 7.22.